The Labute approximate surface area is 211 Å². The maximum Gasteiger partial charge on any atom is 2.00 e. The molecule has 0 bridgehead atoms. The molecule has 6 nitrogen and oxygen atoms in total. The first-order valence-corrected chi connectivity index (χ1v) is 11.7. The molecule has 0 unspecified atom stereocenters. The third-order valence-electron chi connectivity index (χ3n) is 4.53. The van der Waals surface area contributed by atoms with Crippen molar-refractivity contribution >= 4 is 79.5 Å². The van der Waals surface area contributed by atoms with Gasteiger partial charge in [0.15, 0.2) is 0 Å². The second-order valence-electron chi connectivity index (χ2n) is 6.87. The summed E-state index contributed by atoms with van der Waals surface area (Å²) >= 11 is 0. The molecule has 0 saturated heterocycles. The molecule has 0 fully saturated rings. The summed E-state index contributed by atoms with van der Waals surface area (Å²) in [4.78, 5) is -0.306. The molecule has 0 spiro atoms. The summed E-state index contributed by atoms with van der Waals surface area (Å²) in [5, 5.41) is 2.51. The smallest absolute Gasteiger partial charge is 0.744 e. The van der Waals surface area contributed by atoms with Crippen LogP contribution in [-0.4, -0.2) is 63.7 Å². The van der Waals surface area contributed by atoms with Crippen molar-refractivity contribution in [2.24, 2.45) is 0 Å². The van der Waals surface area contributed by atoms with Gasteiger partial charge in [0.1, 0.15) is 20.2 Å². The molecule has 0 N–H and O–H groups in total. The Hall–Kier alpha value is -1.52. The van der Waals surface area contributed by atoms with Crippen LogP contribution in [0.2, 0.25) is 0 Å². The number of hydrogen-bond donors (Lipinski definition) is 0. The second kappa shape index (κ2) is 9.95. The predicted octanol–water partition coefficient (Wildman–Crippen LogP) is 3.72. The number of hydrogen-bond acceptors (Lipinski definition) is 6. The molecule has 0 saturated carbocycles. The molecular formula is C22H18CaO6S2. The first-order chi connectivity index (χ1) is 14.0. The van der Waals surface area contributed by atoms with E-state index in [4.69, 9.17) is 0 Å². The molecule has 0 radical (unpaired) electrons. The normalized spacial score (nSPS) is 11.5. The fourth-order valence-electron chi connectivity index (χ4n) is 3.18. The quantitative estimate of drug-likeness (QED) is 0.318. The summed E-state index contributed by atoms with van der Waals surface area (Å²) in [5.74, 6) is 0. The zero-order valence-electron chi connectivity index (χ0n) is 16.9. The number of benzene rings is 4. The molecule has 4 aromatic rings. The van der Waals surface area contributed by atoms with Gasteiger partial charge in [0.25, 0.3) is 0 Å². The molecule has 0 amide bonds. The van der Waals surface area contributed by atoms with E-state index in [2.05, 4.69) is 0 Å². The summed E-state index contributed by atoms with van der Waals surface area (Å²) in [5.41, 5.74) is 2.06. The monoisotopic (exact) mass is 482 g/mol. The molecule has 0 aliphatic rings. The second-order valence-corrected chi connectivity index (χ2v) is 9.57. The van der Waals surface area contributed by atoms with Gasteiger partial charge in [0, 0.05) is 0 Å². The Bertz CT molecular complexity index is 1350. The van der Waals surface area contributed by atoms with E-state index in [1.54, 1.807) is 48.5 Å². The van der Waals surface area contributed by atoms with Gasteiger partial charge in [-0.05, 0) is 47.5 Å². The van der Waals surface area contributed by atoms with Gasteiger partial charge in [0.2, 0.25) is 0 Å². The SMILES string of the molecule is Cc1ccc2c(S(=O)(=O)[O-])cccc2c1.Cc1ccc2c(S(=O)(=O)[O-])cccc2c1.[Ca+2]. The van der Waals surface area contributed by atoms with Crippen LogP contribution in [0.25, 0.3) is 21.5 Å². The third kappa shape index (κ3) is 6.26. The molecule has 4 aromatic carbocycles. The maximum atomic E-state index is 11.0. The molecule has 0 atom stereocenters. The average molecular weight is 483 g/mol. The van der Waals surface area contributed by atoms with E-state index >= 15 is 0 Å². The van der Waals surface area contributed by atoms with Gasteiger partial charge in [-0.1, -0.05) is 71.8 Å². The average Bonchev–Trinajstić information content (AvgIpc) is 2.65. The van der Waals surface area contributed by atoms with Crippen LogP contribution < -0.4 is 0 Å². The Morgan fingerprint density at radius 1 is 0.581 bits per heavy atom. The molecule has 0 aromatic heterocycles. The van der Waals surface area contributed by atoms with E-state index in [-0.39, 0.29) is 47.5 Å². The number of aryl methyl sites for hydroxylation is 2. The first-order valence-electron chi connectivity index (χ1n) is 8.87. The van der Waals surface area contributed by atoms with Gasteiger partial charge in [-0.3, -0.25) is 0 Å². The minimum Gasteiger partial charge on any atom is -0.744 e. The molecule has 156 valence electrons. The van der Waals surface area contributed by atoms with Crippen molar-refractivity contribution in [3.8, 4) is 0 Å². The van der Waals surface area contributed by atoms with Crippen molar-refractivity contribution in [1.82, 2.24) is 0 Å². The summed E-state index contributed by atoms with van der Waals surface area (Å²) in [7, 11) is -8.78. The molecule has 0 aliphatic carbocycles. The van der Waals surface area contributed by atoms with Gasteiger partial charge in [-0.15, -0.1) is 0 Å². The van der Waals surface area contributed by atoms with E-state index in [0.29, 0.717) is 10.8 Å². The van der Waals surface area contributed by atoms with Gasteiger partial charge < -0.3 is 9.11 Å². The summed E-state index contributed by atoms with van der Waals surface area (Å²) in [6.07, 6.45) is 0. The Balaban J connectivity index is 0.000000213. The summed E-state index contributed by atoms with van der Waals surface area (Å²) in [6, 6.07) is 20.0. The van der Waals surface area contributed by atoms with Crippen LogP contribution in [-0.2, 0) is 20.2 Å². The Morgan fingerprint density at radius 2 is 0.935 bits per heavy atom. The maximum absolute atomic E-state index is 11.0. The third-order valence-corrected chi connectivity index (χ3v) is 6.32. The van der Waals surface area contributed by atoms with Crippen LogP contribution in [0, 0.1) is 13.8 Å². The Kier molecular flexibility index (Phi) is 8.27. The molecular weight excluding hydrogens is 464 g/mol. The van der Waals surface area contributed by atoms with Crippen LogP contribution in [0.3, 0.4) is 0 Å². The van der Waals surface area contributed by atoms with E-state index in [0.717, 1.165) is 21.9 Å². The van der Waals surface area contributed by atoms with E-state index in [9.17, 15) is 25.9 Å². The molecule has 0 heterocycles. The topological polar surface area (TPSA) is 114 Å². The van der Waals surface area contributed by atoms with Crippen molar-refractivity contribution in [3.63, 3.8) is 0 Å². The standard InChI is InChI=1S/2C11H10O3S.Ca/c2*1-8-5-6-10-9(7-8)3-2-4-11(10)15(12,13)14;/h2*2-7H,1H3,(H,12,13,14);/q;;+2/p-2. The van der Waals surface area contributed by atoms with Crippen LogP contribution >= 0.6 is 0 Å². The number of rotatable bonds is 2. The van der Waals surface area contributed by atoms with Crippen molar-refractivity contribution in [2.75, 3.05) is 0 Å². The first kappa shape index (κ1) is 25.7. The minimum atomic E-state index is -4.39. The van der Waals surface area contributed by atoms with Crippen LogP contribution in [0.1, 0.15) is 11.1 Å². The van der Waals surface area contributed by atoms with Crippen molar-refractivity contribution in [2.45, 2.75) is 23.6 Å². The van der Waals surface area contributed by atoms with Gasteiger partial charge in [-0.25, -0.2) is 16.8 Å². The van der Waals surface area contributed by atoms with Crippen LogP contribution in [0.15, 0.2) is 82.6 Å². The number of fused-ring (bicyclic) bond motifs is 2. The van der Waals surface area contributed by atoms with Crippen LogP contribution in [0.4, 0.5) is 0 Å². The zero-order chi connectivity index (χ0) is 22.1. The van der Waals surface area contributed by atoms with Gasteiger partial charge in [-0.2, -0.15) is 0 Å². The van der Waals surface area contributed by atoms with Crippen LogP contribution in [0.5, 0.6) is 0 Å². The molecule has 4 rings (SSSR count). The van der Waals surface area contributed by atoms with Gasteiger partial charge >= 0.3 is 37.7 Å². The molecule has 9 heteroatoms. The summed E-state index contributed by atoms with van der Waals surface area (Å²) < 4.78 is 65.9. The molecule has 0 aliphatic heterocycles. The van der Waals surface area contributed by atoms with Crippen molar-refractivity contribution in [3.05, 3.63) is 83.9 Å². The van der Waals surface area contributed by atoms with E-state index in [1.165, 1.54) is 12.1 Å². The predicted molar refractivity (Wildman–Crippen MR) is 119 cm³/mol. The van der Waals surface area contributed by atoms with E-state index < -0.39 is 20.2 Å². The summed E-state index contributed by atoms with van der Waals surface area (Å²) in [6.45, 7) is 3.83. The fourth-order valence-corrected chi connectivity index (χ4v) is 4.58. The molecule has 31 heavy (non-hydrogen) atoms. The zero-order valence-corrected chi connectivity index (χ0v) is 20.7. The minimum absolute atomic E-state index is 0. The Morgan fingerprint density at radius 3 is 1.26 bits per heavy atom. The van der Waals surface area contributed by atoms with Gasteiger partial charge in [0.05, 0.1) is 9.79 Å². The van der Waals surface area contributed by atoms with E-state index in [1.807, 2.05) is 26.0 Å². The largest absolute Gasteiger partial charge is 2.00 e. The van der Waals surface area contributed by atoms with Crippen molar-refractivity contribution < 1.29 is 25.9 Å². The van der Waals surface area contributed by atoms with Crippen molar-refractivity contribution in [1.29, 1.82) is 0 Å². The fraction of sp³-hybridized carbons (Fsp3) is 0.0909.